The highest BCUT2D eigenvalue weighted by Gasteiger charge is 2.34. The van der Waals surface area contributed by atoms with Crippen LogP contribution in [0.2, 0.25) is 0 Å². The van der Waals surface area contributed by atoms with Gasteiger partial charge in [0.2, 0.25) is 5.78 Å². The van der Waals surface area contributed by atoms with Gasteiger partial charge in [0.15, 0.2) is 5.82 Å². The van der Waals surface area contributed by atoms with E-state index in [1.54, 1.807) is 7.11 Å². The number of anilines is 1. The smallest absolute Gasteiger partial charge is 0.200 e. The van der Waals surface area contributed by atoms with Gasteiger partial charge in [0.05, 0.1) is 17.4 Å². The summed E-state index contributed by atoms with van der Waals surface area (Å²) in [6.45, 7) is 1.91. The molecule has 1 aromatic rings. The lowest BCUT2D eigenvalue weighted by molar-refractivity contribution is 0.102. The first-order valence-electron chi connectivity index (χ1n) is 9.83. The van der Waals surface area contributed by atoms with Gasteiger partial charge in [-0.15, -0.1) is 0 Å². The van der Waals surface area contributed by atoms with E-state index in [1.807, 2.05) is 49.4 Å². The third-order valence-corrected chi connectivity index (χ3v) is 6.24. The number of carbonyl (C=O) groups is 1. The van der Waals surface area contributed by atoms with E-state index in [0.29, 0.717) is 12.0 Å². The van der Waals surface area contributed by atoms with Crippen molar-refractivity contribution in [3.05, 3.63) is 87.7 Å². The number of Topliss-reactive ketones (excluding diaryl/α,β-unsaturated/α-hetero) is 1. The molecule has 162 valence electrons. The van der Waals surface area contributed by atoms with Crippen LogP contribution in [0.25, 0.3) is 0 Å². The Morgan fingerprint density at radius 2 is 2.16 bits per heavy atom. The molecule has 2 unspecified atom stereocenters. The molecular formula is C23H23F2N3O2S. The zero-order valence-electron chi connectivity index (χ0n) is 17.4. The molecular weight excluding hydrogens is 420 g/mol. The molecule has 0 bridgehead atoms. The van der Waals surface area contributed by atoms with Crippen molar-refractivity contribution in [1.82, 2.24) is 10.2 Å². The van der Waals surface area contributed by atoms with E-state index >= 15 is 4.39 Å². The number of halogens is 2. The van der Waals surface area contributed by atoms with Gasteiger partial charge in [-0.1, -0.05) is 18.2 Å². The van der Waals surface area contributed by atoms with Crippen LogP contribution >= 0.6 is 11.9 Å². The Bertz CT molecular complexity index is 1070. The number of hydrogen-bond acceptors (Lipinski definition) is 6. The summed E-state index contributed by atoms with van der Waals surface area (Å²) >= 11 is 1.21. The van der Waals surface area contributed by atoms with Crippen LogP contribution in [0.1, 0.15) is 23.7 Å². The maximum Gasteiger partial charge on any atom is 0.200 e. The second-order valence-corrected chi connectivity index (χ2v) is 8.51. The number of allylic oxidation sites excluding steroid dienone is 4. The number of fused-ring (bicyclic) bond motifs is 1. The Morgan fingerprint density at radius 3 is 2.94 bits per heavy atom. The molecule has 2 N–H and O–H groups in total. The van der Waals surface area contributed by atoms with Crippen LogP contribution < -0.4 is 10.0 Å². The van der Waals surface area contributed by atoms with E-state index in [9.17, 15) is 9.18 Å². The summed E-state index contributed by atoms with van der Waals surface area (Å²) in [6, 6.07) is 2.41. The number of hydrogen-bond donors (Lipinski definition) is 2. The molecule has 0 radical (unpaired) electrons. The number of likely N-dealkylation sites (N-methyl/N-ethyl adjacent to an activating group) is 1. The van der Waals surface area contributed by atoms with Crippen molar-refractivity contribution in [2.45, 2.75) is 25.6 Å². The van der Waals surface area contributed by atoms with Gasteiger partial charge in [0.25, 0.3) is 0 Å². The summed E-state index contributed by atoms with van der Waals surface area (Å²) in [5.41, 5.74) is 1.39. The van der Waals surface area contributed by atoms with Crippen LogP contribution in [0.4, 0.5) is 14.5 Å². The molecule has 8 heteroatoms. The average Bonchev–Trinajstić information content (AvgIpc) is 3.17. The predicted molar refractivity (Wildman–Crippen MR) is 119 cm³/mol. The lowest BCUT2D eigenvalue weighted by atomic mass is 9.94. The SMILES string of the molecule is COC1C=CC=C(SNc2ccc(F)c(C(=O)C3=CNC4C3=CC(C)=CN4C)c2F)C1. The summed E-state index contributed by atoms with van der Waals surface area (Å²) in [6.07, 6.45) is 11.4. The van der Waals surface area contributed by atoms with E-state index < -0.39 is 23.0 Å². The highest BCUT2D eigenvalue weighted by Crippen LogP contribution is 2.34. The van der Waals surface area contributed by atoms with E-state index in [2.05, 4.69) is 10.0 Å². The highest BCUT2D eigenvalue weighted by atomic mass is 32.2. The topological polar surface area (TPSA) is 53.6 Å². The maximum atomic E-state index is 15.2. The fourth-order valence-electron chi connectivity index (χ4n) is 3.80. The third-order valence-electron chi connectivity index (χ3n) is 5.36. The molecule has 0 aromatic heterocycles. The minimum absolute atomic E-state index is 0.0429. The van der Waals surface area contributed by atoms with Crippen molar-refractivity contribution in [2.75, 3.05) is 18.9 Å². The quantitative estimate of drug-likeness (QED) is 0.493. The van der Waals surface area contributed by atoms with Crippen molar-refractivity contribution >= 4 is 23.4 Å². The monoisotopic (exact) mass is 443 g/mol. The Balaban J connectivity index is 1.57. The summed E-state index contributed by atoms with van der Waals surface area (Å²) in [7, 11) is 3.50. The average molecular weight is 444 g/mol. The van der Waals surface area contributed by atoms with Crippen LogP contribution in [0, 0.1) is 11.6 Å². The Morgan fingerprint density at radius 1 is 1.35 bits per heavy atom. The van der Waals surface area contributed by atoms with Crippen molar-refractivity contribution < 1.29 is 18.3 Å². The van der Waals surface area contributed by atoms with Gasteiger partial charge in [0, 0.05) is 49.0 Å². The fourth-order valence-corrected chi connectivity index (χ4v) is 4.60. The van der Waals surface area contributed by atoms with Gasteiger partial charge in [-0.25, -0.2) is 8.78 Å². The minimum atomic E-state index is -0.908. The number of nitrogens with one attached hydrogen (secondary N) is 2. The fraction of sp³-hybridized carbons (Fsp3) is 0.261. The number of rotatable bonds is 6. The van der Waals surface area contributed by atoms with E-state index in [0.717, 1.165) is 16.5 Å². The third kappa shape index (κ3) is 4.18. The Kier molecular flexibility index (Phi) is 6.02. The molecule has 0 fully saturated rings. The van der Waals surface area contributed by atoms with Crippen LogP contribution in [0.15, 0.2) is 70.5 Å². The van der Waals surface area contributed by atoms with E-state index in [4.69, 9.17) is 4.74 Å². The number of carbonyl (C=O) groups excluding carboxylic acids is 1. The summed E-state index contributed by atoms with van der Waals surface area (Å²) in [4.78, 5) is 16.0. The van der Waals surface area contributed by atoms with Crippen molar-refractivity contribution in [3.8, 4) is 0 Å². The highest BCUT2D eigenvalue weighted by molar-refractivity contribution is 8.04. The second kappa shape index (κ2) is 8.72. The molecule has 31 heavy (non-hydrogen) atoms. The van der Waals surface area contributed by atoms with Gasteiger partial charge >= 0.3 is 0 Å². The van der Waals surface area contributed by atoms with Gasteiger partial charge < -0.3 is 19.7 Å². The van der Waals surface area contributed by atoms with Gasteiger partial charge in [0.1, 0.15) is 12.0 Å². The normalized spacial score (nSPS) is 22.2. The number of nitrogens with zero attached hydrogens (tertiary/aromatic N) is 1. The molecule has 0 spiro atoms. The molecule has 0 saturated heterocycles. The molecule has 2 atom stereocenters. The van der Waals surface area contributed by atoms with Gasteiger partial charge in [-0.3, -0.25) is 4.79 Å². The number of ketones is 1. The molecule has 1 aliphatic carbocycles. The number of benzene rings is 1. The molecule has 2 aliphatic heterocycles. The minimum Gasteiger partial charge on any atom is -0.377 e. The molecule has 0 amide bonds. The molecule has 3 aliphatic rings. The predicted octanol–water partition coefficient (Wildman–Crippen LogP) is 4.66. The van der Waals surface area contributed by atoms with Crippen LogP contribution in [-0.2, 0) is 4.74 Å². The van der Waals surface area contributed by atoms with E-state index in [1.165, 1.54) is 24.2 Å². The molecule has 5 nitrogen and oxygen atoms in total. The first kappa shape index (κ1) is 21.4. The van der Waals surface area contributed by atoms with Crippen molar-refractivity contribution in [2.24, 2.45) is 0 Å². The molecule has 4 rings (SSSR count). The lowest BCUT2D eigenvalue weighted by Crippen LogP contribution is -2.38. The number of methoxy groups -OCH3 is 1. The Labute approximate surface area is 184 Å². The Hall–Kier alpha value is -2.84. The maximum absolute atomic E-state index is 15.2. The first-order valence-corrected chi connectivity index (χ1v) is 10.6. The zero-order chi connectivity index (χ0) is 22.1. The van der Waals surface area contributed by atoms with E-state index in [-0.39, 0.29) is 23.5 Å². The number of ether oxygens (including phenoxy) is 1. The summed E-state index contributed by atoms with van der Waals surface area (Å²) in [5.74, 6) is -2.49. The van der Waals surface area contributed by atoms with Crippen LogP contribution in [-0.4, -0.2) is 37.1 Å². The molecule has 0 saturated carbocycles. The summed E-state index contributed by atoms with van der Waals surface area (Å²) < 4.78 is 38.0. The molecule has 2 heterocycles. The standard InChI is InChI=1S/C23H23F2N3O2S/c1-13-9-16-17(11-26-23(16)28(2)12-13)22(29)20-18(24)7-8-19(21(20)25)27-31-15-6-4-5-14(10-15)30-3/h4-9,11-12,14,23,26-27H,10H2,1-3H3. The van der Waals surface area contributed by atoms with Crippen molar-refractivity contribution in [3.63, 3.8) is 0 Å². The van der Waals surface area contributed by atoms with Gasteiger partial charge in [-0.05, 0) is 42.7 Å². The zero-order valence-corrected chi connectivity index (χ0v) is 18.2. The van der Waals surface area contributed by atoms with Crippen molar-refractivity contribution in [1.29, 1.82) is 0 Å². The van der Waals surface area contributed by atoms with Crippen LogP contribution in [0.3, 0.4) is 0 Å². The van der Waals surface area contributed by atoms with Crippen LogP contribution in [0.5, 0.6) is 0 Å². The lowest BCUT2D eigenvalue weighted by Gasteiger charge is -2.29. The largest absolute Gasteiger partial charge is 0.377 e. The second-order valence-electron chi connectivity index (χ2n) is 7.58. The van der Waals surface area contributed by atoms with Gasteiger partial charge in [-0.2, -0.15) is 0 Å². The summed E-state index contributed by atoms with van der Waals surface area (Å²) in [5, 5.41) is 3.10. The molecule has 1 aromatic carbocycles. The first-order chi connectivity index (χ1) is 14.9.